The number of ether oxygens (including phenoxy) is 2. The van der Waals surface area contributed by atoms with Crippen LogP contribution in [-0.4, -0.2) is 112 Å². The number of halogens is 3. The molecule has 0 amide bonds. The Balaban J connectivity index is 1.07. The van der Waals surface area contributed by atoms with E-state index < -0.39 is 75.3 Å². The van der Waals surface area contributed by atoms with Crippen molar-refractivity contribution >= 4 is 81.2 Å². The summed E-state index contributed by atoms with van der Waals surface area (Å²) in [5.74, 6) is 0.756. The number of imidazole rings is 2. The van der Waals surface area contributed by atoms with Crippen molar-refractivity contribution in [3.63, 3.8) is 0 Å². The van der Waals surface area contributed by atoms with Gasteiger partial charge in [0.1, 0.15) is 37.1 Å². The Morgan fingerprint density at radius 3 is 1.71 bits per heavy atom. The zero-order valence-electron chi connectivity index (χ0n) is 24.3. The molecular weight excluding hydrogens is 815 g/mol. The number of hydrogen-bond acceptors (Lipinski definition) is 16. The number of hydrogen-bond donors (Lipinski definition) is 5. The standard InChI is InChI=1S/C24H26F2IN10O8P2S/c25-13-17(44-46(27)40)11(5-38)42-23(13)36-9-34-15-19(30-7-32-21(15)36)28-3-1-2-4-29-20-16-22(33-8-31-20)37(10-35-16)24-14(26)18(45-47(41)48)12(6-39)43-24/h1-2,7-14,17-18,23-24,38-39H,3-6H2,(H2-,28,29,30,31,32,33,41,48)/q+1/p+1/b2-1+/t11?,12-,13-,14-,17-,18-,23-,24-/m1/s1. The fourth-order valence-corrected chi connectivity index (χ4v) is 7.41. The maximum absolute atomic E-state index is 15.3. The van der Waals surface area contributed by atoms with Gasteiger partial charge in [-0.2, -0.15) is 0 Å². The molecule has 256 valence electrons. The van der Waals surface area contributed by atoms with Crippen LogP contribution in [0.3, 0.4) is 0 Å². The van der Waals surface area contributed by atoms with Crippen LogP contribution in [0.4, 0.5) is 20.4 Å². The van der Waals surface area contributed by atoms with Gasteiger partial charge in [-0.25, -0.2) is 38.7 Å². The fraction of sp³-hybridized carbons (Fsp3) is 0.500. The highest BCUT2D eigenvalue weighted by Crippen LogP contribution is 2.43. The first-order valence-corrected chi connectivity index (χ1v) is 20.4. The van der Waals surface area contributed by atoms with Gasteiger partial charge in [0.15, 0.2) is 71.0 Å². The summed E-state index contributed by atoms with van der Waals surface area (Å²) in [5, 5.41) is 25.5. The molecule has 0 saturated carbocycles. The normalized spacial score (nSPS) is 28.1. The lowest BCUT2D eigenvalue weighted by atomic mass is 10.1. The minimum Gasteiger partial charge on any atom is -0.394 e. The van der Waals surface area contributed by atoms with Gasteiger partial charge in [-0.05, 0) is 9.13 Å². The summed E-state index contributed by atoms with van der Waals surface area (Å²) in [6, 6.07) is 0. The van der Waals surface area contributed by atoms with Crippen LogP contribution in [-0.2, 0) is 27.7 Å². The number of nitrogens with zero attached hydrogens (tertiary/aromatic N) is 8. The predicted molar refractivity (Wildman–Crippen MR) is 177 cm³/mol. The average Bonchev–Trinajstić information content (AvgIpc) is 3.83. The van der Waals surface area contributed by atoms with Crippen molar-refractivity contribution in [1.82, 2.24) is 39.0 Å². The van der Waals surface area contributed by atoms with E-state index in [1.54, 1.807) is 0 Å². The molecule has 2 saturated heterocycles. The van der Waals surface area contributed by atoms with Gasteiger partial charge >= 0.3 is 34.9 Å². The molecule has 4 aromatic heterocycles. The summed E-state index contributed by atoms with van der Waals surface area (Å²) in [7, 11) is -2.43. The van der Waals surface area contributed by atoms with E-state index in [2.05, 4.69) is 52.8 Å². The van der Waals surface area contributed by atoms with Gasteiger partial charge in [-0.1, -0.05) is 12.2 Å². The summed E-state index contributed by atoms with van der Waals surface area (Å²) >= 11 is 5.20. The first-order chi connectivity index (χ1) is 23.2. The molecule has 48 heavy (non-hydrogen) atoms. The minimum atomic E-state index is -2.43. The molecule has 2 aliphatic rings. The Hall–Kier alpha value is -2.66. The molecule has 2 aliphatic heterocycles. The average molecular weight is 842 g/mol. The second-order valence-electron chi connectivity index (χ2n) is 10.3. The maximum Gasteiger partial charge on any atom is 0.582 e. The van der Waals surface area contributed by atoms with E-state index in [0.29, 0.717) is 35.8 Å². The number of aliphatic hydroxyl groups is 2. The number of rotatable bonds is 14. The zero-order valence-corrected chi connectivity index (χ0v) is 29.1. The van der Waals surface area contributed by atoms with Crippen molar-refractivity contribution in [1.29, 1.82) is 0 Å². The number of aliphatic hydroxyl groups excluding tert-OH is 2. The van der Waals surface area contributed by atoms with Crippen molar-refractivity contribution in [2.45, 2.75) is 49.2 Å². The van der Waals surface area contributed by atoms with Gasteiger partial charge in [-0.3, -0.25) is 9.13 Å². The molecule has 10 atom stereocenters. The molecule has 2 fully saturated rings. The molecule has 0 spiro atoms. The largest absolute Gasteiger partial charge is 0.582 e. The van der Waals surface area contributed by atoms with Gasteiger partial charge in [0.2, 0.25) is 0 Å². The monoisotopic (exact) mass is 842 g/mol. The Morgan fingerprint density at radius 2 is 1.29 bits per heavy atom. The summed E-state index contributed by atoms with van der Waals surface area (Å²) in [6.45, 7) is -0.427. The summed E-state index contributed by atoms with van der Waals surface area (Å²) in [4.78, 5) is 25.5. The number of fused-ring (bicyclic) bond motifs is 2. The Labute approximate surface area is 289 Å². The van der Waals surface area contributed by atoms with Crippen LogP contribution >= 0.6 is 47.2 Å². The Morgan fingerprint density at radius 1 is 0.833 bits per heavy atom. The third kappa shape index (κ3) is 7.14. The molecule has 3 unspecified atom stereocenters. The summed E-state index contributed by atoms with van der Waals surface area (Å²) < 4.78 is 77.7. The van der Waals surface area contributed by atoms with Gasteiger partial charge in [0.05, 0.1) is 25.9 Å². The second-order valence-corrected chi connectivity index (χ2v) is 15.0. The van der Waals surface area contributed by atoms with E-state index in [1.165, 1.54) is 56.5 Å². The summed E-state index contributed by atoms with van der Waals surface area (Å²) in [6.07, 6.45) is -1.71. The topological polar surface area (TPSA) is 223 Å². The highest BCUT2D eigenvalue weighted by atomic mass is 127. The number of alkyl halides is 2. The third-order valence-electron chi connectivity index (χ3n) is 7.52. The van der Waals surface area contributed by atoms with Crippen LogP contribution in [0.15, 0.2) is 37.5 Å². The van der Waals surface area contributed by atoms with Crippen molar-refractivity contribution in [2.75, 3.05) is 36.9 Å². The minimum absolute atomic E-state index is 0.267. The lowest BCUT2D eigenvalue weighted by molar-refractivity contribution is -0.0427. The van der Waals surface area contributed by atoms with Crippen molar-refractivity contribution in [3.8, 4) is 0 Å². The highest BCUT2D eigenvalue weighted by Gasteiger charge is 2.52. The first-order valence-electron chi connectivity index (χ1n) is 14.1. The van der Waals surface area contributed by atoms with E-state index >= 15 is 8.78 Å². The van der Waals surface area contributed by atoms with E-state index in [9.17, 15) is 19.3 Å². The molecule has 0 aliphatic carbocycles. The van der Waals surface area contributed by atoms with E-state index in [1.807, 2.05) is 12.2 Å². The quantitative estimate of drug-likeness (QED) is 0.0533. The zero-order chi connectivity index (χ0) is 33.9. The van der Waals surface area contributed by atoms with E-state index in [4.69, 9.17) is 18.5 Å². The molecule has 0 bridgehead atoms. The third-order valence-corrected chi connectivity index (χ3v) is 9.32. The van der Waals surface area contributed by atoms with Crippen LogP contribution in [0, 0.1) is 0 Å². The maximum atomic E-state index is 15.3. The van der Waals surface area contributed by atoms with Gasteiger partial charge < -0.3 is 30.3 Å². The fourth-order valence-electron chi connectivity index (χ4n) is 5.39. The molecular formula is C24H27F2IN10O8P2S+2. The Kier molecular flexibility index (Phi) is 11.3. The molecule has 0 radical (unpaired) electrons. The number of anilines is 2. The lowest BCUT2D eigenvalue weighted by Gasteiger charge is -2.15. The smallest absolute Gasteiger partial charge is 0.394 e. The van der Waals surface area contributed by atoms with Gasteiger partial charge in [0, 0.05) is 13.1 Å². The number of aromatic nitrogens is 8. The molecule has 6 heterocycles. The van der Waals surface area contributed by atoms with Crippen molar-refractivity contribution < 1.29 is 46.6 Å². The van der Waals surface area contributed by atoms with Crippen LogP contribution < -0.4 is 10.6 Å². The van der Waals surface area contributed by atoms with Gasteiger partial charge in [0.25, 0.3) is 0 Å². The van der Waals surface area contributed by atoms with Crippen LogP contribution in [0.25, 0.3) is 22.3 Å². The van der Waals surface area contributed by atoms with Crippen LogP contribution in [0.5, 0.6) is 0 Å². The van der Waals surface area contributed by atoms with E-state index in [-0.39, 0.29) is 11.3 Å². The first kappa shape index (κ1) is 35.2. The second kappa shape index (κ2) is 15.5. The molecule has 0 aromatic carbocycles. The van der Waals surface area contributed by atoms with Crippen LogP contribution in [0.2, 0.25) is 0 Å². The molecule has 24 heteroatoms. The molecule has 4 N–H and O–H groups in total. The van der Waals surface area contributed by atoms with E-state index in [0.717, 1.165) is 0 Å². The van der Waals surface area contributed by atoms with Crippen molar-refractivity contribution in [2.24, 2.45) is 0 Å². The Bertz CT molecular complexity index is 1700. The predicted octanol–water partition coefficient (Wildman–Crippen LogP) is 2.95. The molecule has 18 nitrogen and oxygen atoms in total. The lowest BCUT2D eigenvalue weighted by Crippen LogP contribution is -2.31. The SMILES string of the molecule is O=[P+](S)O[C@H]1[C@@H](F)[C@H](n2cnc3c(NC/C=C/CNc4ncnc5c4ncn5[C@@H]4OC(CO)[C@@H](O[P+](=O)I)[C@H]4F)ncnc32)O[C@@H]1CO. The highest BCUT2D eigenvalue weighted by molar-refractivity contribution is 14.2. The van der Waals surface area contributed by atoms with Crippen molar-refractivity contribution in [3.05, 3.63) is 37.5 Å². The molecule has 6 rings (SSSR count). The van der Waals surface area contributed by atoms with Gasteiger partial charge in [-0.15, -0.1) is 9.05 Å². The number of nitrogens with one attached hydrogen (secondary N) is 2. The molecule has 4 aromatic rings. The number of thiol groups is 1. The van der Waals surface area contributed by atoms with Crippen LogP contribution in [0.1, 0.15) is 12.5 Å². The summed E-state index contributed by atoms with van der Waals surface area (Å²) in [5.41, 5.74) is -0.912.